The maximum Gasteiger partial charge on any atom is 0.251 e. The molecule has 0 spiro atoms. The summed E-state index contributed by atoms with van der Waals surface area (Å²) in [6.07, 6.45) is 3.36. The van der Waals surface area contributed by atoms with Crippen molar-refractivity contribution in [3.8, 4) is 0 Å². The standard InChI is InChI=1S/C15H15N3O2/c19-14(17-10-12-5-4-8-16-9-12)11-18-15(20)13-6-2-1-3-7-13/h1-9H,10-11H2,(H,17,19)(H,18,20). The SMILES string of the molecule is O=C(CNC(=O)c1ccccc1)NCc1cccnc1. The normalized spacial score (nSPS) is 9.80. The van der Waals surface area contributed by atoms with Crippen LogP contribution in [0.4, 0.5) is 0 Å². The molecule has 0 aliphatic carbocycles. The minimum atomic E-state index is -0.262. The van der Waals surface area contributed by atoms with E-state index in [1.807, 2.05) is 12.1 Å². The fourth-order valence-corrected chi connectivity index (χ4v) is 1.62. The molecule has 0 saturated heterocycles. The molecule has 2 amide bonds. The number of aromatic nitrogens is 1. The fourth-order valence-electron chi connectivity index (χ4n) is 1.62. The largest absolute Gasteiger partial charge is 0.350 e. The van der Waals surface area contributed by atoms with Crippen LogP contribution in [0.25, 0.3) is 0 Å². The molecule has 20 heavy (non-hydrogen) atoms. The van der Waals surface area contributed by atoms with Gasteiger partial charge in [0.1, 0.15) is 0 Å². The Morgan fingerprint density at radius 1 is 1.00 bits per heavy atom. The molecule has 1 aromatic heterocycles. The maximum atomic E-state index is 11.7. The van der Waals surface area contributed by atoms with Crippen LogP contribution in [0.3, 0.4) is 0 Å². The lowest BCUT2D eigenvalue weighted by Crippen LogP contribution is -2.36. The summed E-state index contributed by atoms with van der Waals surface area (Å²) < 4.78 is 0. The van der Waals surface area contributed by atoms with E-state index in [4.69, 9.17) is 0 Å². The first kappa shape index (κ1) is 13.7. The predicted molar refractivity (Wildman–Crippen MR) is 74.9 cm³/mol. The summed E-state index contributed by atoms with van der Waals surface area (Å²) in [4.78, 5) is 27.3. The van der Waals surface area contributed by atoms with Gasteiger partial charge in [0.25, 0.3) is 5.91 Å². The van der Waals surface area contributed by atoms with E-state index >= 15 is 0 Å². The van der Waals surface area contributed by atoms with Gasteiger partial charge < -0.3 is 10.6 Å². The summed E-state index contributed by atoms with van der Waals surface area (Å²) in [7, 11) is 0. The smallest absolute Gasteiger partial charge is 0.251 e. The summed E-state index contributed by atoms with van der Waals surface area (Å²) >= 11 is 0. The lowest BCUT2D eigenvalue weighted by Gasteiger charge is -2.06. The predicted octanol–water partition coefficient (Wildman–Crippen LogP) is 1.13. The Kier molecular flexibility index (Phi) is 4.83. The summed E-state index contributed by atoms with van der Waals surface area (Å²) in [5.74, 6) is -0.500. The quantitative estimate of drug-likeness (QED) is 0.854. The van der Waals surface area contributed by atoms with Crippen molar-refractivity contribution in [3.05, 3.63) is 66.0 Å². The molecule has 0 fully saturated rings. The molecule has 0 bridgehead atoms. The number of pyridine rings is 1. The first-order valence-corrected chi connectivity index (χ1v) is 6.24. The van der Waals surface area contributed by atoms with Gasteiger partial charge in [-0.05, 0) is 23.8 Å². The molecule has 102 valence electrons. The molecular weight excluding hydrogens is 254 g/mol. The molecule has 2 aromatic rings. The Balaban J connectivity index is 1.74. The van der Waals surface area contributed by atoms with Gasteiger partial charge in [-0.15, -0.1) is 0 Å². The minimum Gasteiger partial charge on any atom is -0.350 e. The van der Waals surface area contributed by atoms with Crippen LogP contribution in [0.1, 0.15) is 15.9 Å². The molecule has 0 unspecified atom stereocenters. The van der Waals surface area contributed by atoms with Crippen molar-refractivity contribution in [1.29, 1.82) is 0 Å². The van der Waals surface area contributed by atoms with Crippen molar-refractivity contribution in [1.82, 2.24) is 15.6 Å². The van der Waals surface area contributed by atoms with Crippen molar-refractivity contribution in [2.75, 3.05) is 6.54 Å². The Labute approximate surface area is 117 Å². The summed E-state index contributed by atoms with van der Waals surface area (Å²) in [6.45, 7) is 0.349. The highest BCUT2D eigenvalue weighted by molar-refractivity contribution is 5.96. The van der Waals surface area contributed by atoms with E-state index in [1.165, 1.54) is 0 Å². The van der Waals surface area contributed by atoms with Crippen LogP contribution in [0.5, 0.6) is 0 Å². The molecule has 5 nitrogen and oxygen atoms in total. The first-order chi connectivity index (χ1) is 9.75. The van der Waals surface area contributed by atoms with E-state index in [0.29, 0.717) is 12.1 Å². The van der Waals surface area contributed by atoms with Crippen LogP contribution >= 0.6 is 0 Å². The van der Waals surface area contributed by atoms with Crippen molar-refractivity contribution < 1.29 is 9.59 Å². The average molecular weight is 269 g/mol. The topological polar surface area (TPSA) is 71.1 Å². The molecular formula is C15H15N3O2. The van der Waals surface area contributed by atoms with Crippen LogP contribution < -0.4 is 10.6 Å². The van der Waals surface area contributed by atoms with E-state index < -0.39 is 0 Å². The number of benzene rings is 1. The number of nitrogens with one attached hydrogen (secondary N) is 2. The second-order valence-electron chi connectivity index (χ2n) is 4.19. The molecule has 0 aliphatic heterocycles. The monoisotopic (exact) mass is 269 g/mol. The van der Waals surface area contributed by atoms with Crippen molar-refractivity contribution in [2.45, 2.75) is 6.54 Å². The van der Waals surface area contributed by atoms with Crippen molar-refractivity contribution in [3.63, 3.8) is 0 Å². The molecule has 2 rings (SSSR count). The summed E-state index contributed by atoms with van der Waals surface area (Å²) in [5, 5.41) is 5.28. The summed E-state index contributed by atoms with van der Waals surface area (Å²) in [5.41, 5.74) is 1.45. The lowest BCUT2D eigenvalue weighted by atomic mass is 10.2. The van der Waals surface area contributed by atoms with Gasteiger partial charge in [-0.2, -0.15) is 0 Å². The van der Waals surface area contributed by atoms with Crippen LogP contribution in [0.15, 0.2) is 54.9 Å². The molecule has 2 N–H and O–H groups in total. The van der Waals surface area contributed by atoms with Gasteiger partial charge in [-0.1, -0.05) is 24.3 Å². The van der Waals surface area contributed by atoms with Gasteiger partial charge in [0, 0.05) is 24.5 Å². The van der Waals surface area contributed by atoms with Crippen LogP contribution in [0.2, 0.25) is 0 Å². The van der Waals surface area contributed by atoms with Crippen LogP contribution in [-0.4, -0.2) is 23.3 Å². The molecule has 1 heterocycles. The van der Waals surface area contributed by atoms with Gasteiger partial charge in [0.2, 0.25) is 5.91 Å². The second kappa shape index (κ2) is 7.04. The second-order valence-corrected chi connectivity index (χ2v) is 4.19. The number of rotatable bonds is 5. The highest BCUT2D eigenvalue weighted by Crippen LogP contribution is 1.97. The van der Waals surface area contributed by atoms with E-state index in [9.17, 15) is 9.59 Å². The van der Waals surface area contributed by atoms with Crippen LogP contribution in [-0.2, 0) is 11.3 Å². The third-order valence-electron chi connectivity index (χ3n) is 2.66. The van der Waals surface area contributed by atoms with Crippen molar-refractivity contribution >= 4 is 11.8 Å². The van der Waals surface area contributed by atoms with E-state index in [1.54, 1.807) is 42.7 Å². The van der Waals surface area contributed by atoms with Gasteiger partial charge in [0.05, 0.1) is 6.54 Å². The number of nitrogens with zero attached hydrogens (tertiary/aromatic N) is 1. The fraction of sp³-hybridized carbons (Fsp3) is 0.133. The zero-order chi connectivity index (χ0) is 14.2. The third kappa shape index (κ3) is 4.20. The molecule has 0 saturated carbocycles. The van der Waals surface area contributed by atoms with Crippen LogP contribution in [0, 0.1) is 0 Å². The Hall–Kier alpha value is -2.69. The van der Waals surface area contributed by atoms with Crippen molar-refractivity contribution in [2.24, 2.45) is 0 Å². The Morgan fingerprint density at radius 2 is 1.80 bits per heavy atom. The number of carbonyl (C=O) groups excluding carboxylic acids is 2. The lowest BCUT2D eigenvalue weighted by molar-refractivity contribution is -0.120. The Bertz CT molecular complexity index is 570. The van der Waals surface area contributed by atoms with E-state index in [0.717, 1.165) is 5.56 Å². The number of amides is 2. The maximum absolute atomic E-state index is 11.7. The average Bonchev–Trinajstić information content (AvgIpc) is 2.52. The number of hydrogen-bond donors (Lipinski definition) is 2. The minimum absolute atomic E-state index is 0.0476. The zero-order valence-corrected chi connectivity index (χ0v) is 10.9. The molecule has 0 atom stereocenters. The molecule has 0 radical (unpaired) electrons. The van der Waals surface area contributed by atoms with E-state index in [-0.39, 0.29) is 18.4 Å². The summed E-state index contributed by atoms with van der Waals surface area (Å²) in [6, 6.07) is 12.5. The highest BCUT2D eigenvalue weighted by atomic mass is 16.2. The van der Waals surface area contributed by atoms with Gasteiger partial charge in [-0.3, -0.25) is 14.6 Å². The highest BCUT2D eigenvalue weighted by Gasteiger charge is 2.06. The molecule has 0 aliphatic rings. The molecule has 5 heteroatoms. The van der Waals surface area contributed by atoms with Gasteiger partial charge in [-0.25, -0.2) is 0 Å². The van der Waals surface area contributed by atoms with Gasteiger partial charge in [0.15, 0.2) is 0 Å². The zero-order valence-electron chi connectivity index (χ0n) is 10.9. The molecule has 1 aromatic carbocycles. The van der Waals surface area contributed by atoms with Gasteiger partial charge >= 0.3 is 0 Å². The number of hydrogen-bond acceptors (Lipinski definition) is 3. The first-order valence-electron chi connectivity index (χ1n) is 6.24. The Morgan fingerprint density at radius 3 is 2.50 bits per heavy atom. The third-order valence-corrected chi connectivity index (χ3v) is 2.66. The number of carbonyl (C=O) groups is 2. The van der Waals surface area contributed by atoms with E-state index in [2.05, 4.69) is 15.6 Å².